The summed E-state index contributed by atoms with van der Waals surface area (Å²) in [6.45, 7) is 1.77. The van der Waals surface area contributed by atoms with E-state index in [9.17, 15) is 0 Å². The fourth-order valence-corrected chi connectivity index (χ4v) is 1.82. The standard InChI is InChI=1S/C5H13NO.C2H5O2.Al.ClH/c1-6(2,3)4-5-7;3-1-2-4;;/h4-5H2,1-3H3;3H,1-2H2;;1H/q;-1;+3;/p-1. The molecular formula is C7H18AlClNO3+. The van der Waals surface area contributed by atoms with E-state index in [0.717, 1.165) is 11.0 Å². The summed E-state index contributed by atoms with van der Waals surface area (Å²) in [5.41, 5.74) is 0. The van der Waals surface area contributed by atoms with E-state index in [1.165, 1.54) is 0 Å². The quantitative estimate of drug-likeness (QED) is 0.489. The molecule has 1 N–H and O–H groups in total. The van der Waals surface area contributed by atoms with Gasteiger partial charge in [0.1, 0.15) is 0 Å². The van der Waals surface area contributed by atoms with Crippen molar-refractivity contribution in [1.82, 2.24) is 0 Å². The van der Waals surface area contributed by atoms with Crippen LogP contribution in [0.1, 0.15) is 0 Å². The van der Waals surface area contributed by atoms with Gasteiger partial charge in [0.05, 0.1) is 40.9 Å². The van der Waals surface area contributed by atoms with Crippen molar-refractivity contribution in [1.29, 1.82) is 0 Å². The van der Waals surface area contributed by atoms with Crippen LogP contribution in [-0.2, 0) is 7.58 Å². The minimum atomic E-state index is -2.01. The highest BCUT2D eigenvalue weighted by atomic mass is 35.6. The smallest absolute Gasteiger partial charge is 0.464 e. The van der Waals surface area contributed by atoms with Gasteiger partial charge in [-0.3, -0.25) is 0 Å². The van der Waals surface area contributed by atoms with Crippen LogP contribution in [0.3, 0.4) is 0 Å². The lowest BCUT2D eigenvalue weighted by atomic mass is 10.5. The Hall–Kier alpha value is 0.662. The number of nitrogens with zero attached hydrogens (tertiary/aromatic N) is 1. The van der Waals surface area contributed by atoms with Crippen molar-refractivity contribution in [3.05, 3.63) is 0 Å². The second-order valence-electron chi connectivity index (χ2n) is 3.75. The number of quaternary nitrogens is 1. The molecule has 0 aromatic rings. The third-order valence-electron chi connectivity index (χ3n) is 1.35. The number of aliphatic hydroxyl groups is 1. The van der Waals surface area contributed by atoms with Gasteiger partial charge in [-0.2, -0.15) is 10.0 Å². The topological polar surface area (TPSA) is 38.7 Å². The molecule has 0 saturated heterocycles. The summed E-state index contributed by atoms with van der Waals surface area (Å²) in [6, 6.07) is 0. The van der Waals surface area contributed by atoms with Crippen LogP contribution in [0.4, 0.5) is 0 Å². The second-order valence-corrected chi connectivity index (χ2v) is 6.04. The fourth-order valence-electron chi connectivity index (χ4n) is 0.613. The van der Waals surface area contributed by atoms with Crippen LogP contribution in [0.5, 0.6) is 0 Å². The van der Waals surface area contributed by atoms with E-state index in [-0.39, 0.29) is 13.2 Å². The number of aliphatic hydroxyl groups excluding tert-OH is 1. The summed E-state index contributed by atoms with van der Waals surface area (Å²) in [5, 5.41) is 8.45. The predicted octanol–water partition coefficient (Wildman–Crippen LogP) is -0.0582. The Bertz CT molecular complexity index is 131. The minimum absolute atomic E-state index is 0.00505. The predicted molar refractivity (Wildman–Crippen MR) is 53.5 cm³/mol. The van der Waals surface area contributed by atoms with Crippen molar-refractivity contribution in [2.75, 3.05) is 47.5 Å². The summed E-state index contributed by atoms with van der Waals surface area (Å²) in [7, 11) is 12.0. The first-order chi connectivity index (χ1) is 5.95. The summed E-state index contributed by atoms with van der Waals surface area (Å²) < 4.78 is 11.2. The van der Waals surface area contributed by atoms with Crippen LogP contribution in [0.15, 0.2) is 0 Å². The molecule has 78 valence electrons. The normalized spacial score (nSPS) is 11.8. The number of rotatable bonds is 7. The monoisotopic (exact) mass is 226 g/mol. The Morgan fingerprint density at radius 1 is 1.23 bits per heavy atom. The van der Waals surface area contributed by atoms with Gasteiger partial charge >= 0.3 is 13.9 Å². The van der Waals surface area contributed by atoms with Gasteiger partial charge in [0.2, 0.25) is 0 Å². The van der Waals surface area contributed by atoms with Crippen molar-refractivity contribution < 1.29 is 17.2 Å². The van der Waals surface area contributed by atoms with E-state index in [4.69, 9.17) is 22.7 Å². The Kier molecular flexibility index (Phi) is 7.38. The molecule has 13 heavy (non-hydrogen) atoms. The van der Waals surface area contributed by atoms with Crippen LogP contribution in [0, 0.1) is 0 Å². The van der Waals surface area contributed by atoms with Crippen LogP contribution in [-0.4, -0.2) is 71.0 Å². The maximum atomic E-state index is 8.45. The van der Waals surface area contributed by atoms with Crippen LogP contribution >= 0.6 is 10.0 Å². The van der Waals surface area contributed by atoms with Gasteiger partial charge in [-0.1, -0.05) is 0 Å². The summed E-state index contributed by atoms with van der Waals surface area (Å²) in [5.74, 6) is 0. The summed E-state index contributed by atoms with van der Waals surface area (Å²) in [6.07, 6.45) is 0. The molecule has 0 unspecified atom stereocenters. The van der Waals surface area contributed by atoms with Crippen LogP contribution < -0.4 is 0 Å². The Labute approximate surface area is 88.9 Å². The second kappa shape index (κ2) is 7.02. The lowest BCUT2D eigenvalue weighted by Gasteiger charge is -2.23. The average molecular weight is 227 g/mol. The molecule has 4 nitrogen and oxygen atoms in total. The Morgan fingerprint density at radius 3 is 2.23 bits per heavy atom. The van der Waals surface area contributed by atoms with Gasteiger partial charge in [0, 0.05) is 6.61 Å². The van der Waals surface area contributed by atoms with Crippen LogP contribution in [0.2, 0.25) is 0 Å². The summed E-state index contributed by atoms with van der Waals surface area (Å²) >= 11 is -2.01. The Balaban J connectivity index is 3.31. The number of hydrogen-bond donors (Lipinski definition) is 1. The molecule has 6 heteroatoms. The number of hydrogen-bond acceptors (Lipinski definition) is 3. The minimum Gasteiger partial charge on any atom is -0.464 e. The largest absolute Gasteiger partial charge is 0.813 e. The fraction of sp³-hybridized carbons (Fsp3) is 1.00. The molecule has 0 aliphatic heterocycles. The highest BCUT2D eigenvalue weighted by Crippen LogP contribution is 1.96. The van der Waals surface area contributed by atoms with Gasteiger partial charge in [0.25, 0.3) is 0 Å². The molecule has 0 amide bonds. The number of likely N-dealkylation sites (N-methyl/N-ethyl adjacent to an activating group) is 1. The number of halogens is 1. The lowest BCUT2D eigenvalue weighted by molar-refractivity contribution is -0.870. The molecule has 0 bridgehead atoms. The zero-order valence-corrected chi connectivity index (χ0v) is 10.4. The molecule has 0 aliphatic carbocycles. The first-order valence-electron chi connectivity index (χ1n) is 4.24. The molecule has 0 aliphatic rings. The molecule has 0 aromatic carbocycles. The molecule has 0 spiro atoms. The van der Waals surface area contributed by atoms with Gasteiger partial charge in [-0.15, -0.1) is 0 Å². The Morgan fingerprint density at radius 2 is 1.77 bits per heavy atom. The maximum Gasteiger partial charge on any atom is 0.813 e. The van der Waals surface area contributed by atoms with Gasteiger partial charge in [0.15, 0.2) is 0 Å². The maximum absolute atomic E-state index is 8.45. The van der Waals surface area contributed by atoms with Crippen molar-refractivity contribution in [2.45, 2.75) is 0 Å². The molecule has 0 fully saturated rings. The highest BCUT2D eigenvalue weighted by molar-refractivity contribution is 6.99. The van der Waals surface area contributed by atoms with Crippen LogP contribution in [0.25, 0.3) is 0 Å². The molecule has 0 atom stereocenters. The average Bonchev–Trinajstić information content (AvgIpc) is 1.98. The zero-order chi connectivity index (χ0) is 10.3. The van der Waals surface area contributed by atoms with Crippen molar-refractivity contribution in [3.8, 4) is 0 Å². The lowest BCUT2D eigenvalue weighted by Crippen LogP contribution is -2.38. The van der Waals surface area contributed by atoms with Crippen molar-refractivity contribution in [2.24, 2.45) is 0 Å². The first-order valence-corrected chi connectivity index (χ1v) is 6.93. The van der Waals surface area contributed by atoms with Crippen molar-refractivity contribution in [3.63, 3.8) is 0 Å². The van der Waals surface area contributed by atoms with E-state index in [0.29, 0.717) is 6.61 Å². The zero-order valence-electron chi connectivity index (χ0n) is 8.49. The van der Waals surface area contributed by atoms with Gasteiger partial charge < -0.3 is 17.2 Å². The van der Waals surface area contributed by atoms with E-state index in [2.05, 4.69) is 21.1 Å². The highest BCUT2D eigenvalue weighted by Gasteiger charge is 2.23. The first kappa shape index (κ1) is 13.7. The molecular weight excluding hydrogens is 209 g/mol. The molecule has 0 aromatic heterocycles. The molecule has 0 saturated carbocycles. The summed E-state index contributed by atoms with van der Waals surface area (Å²) in [4.78, 5) is 0. The molecule has 0 radical (unpaired) electrons. The van der Waals surface area contributed by atoms with Gasteiger partial charge in [-0.05, 0) is 0 Å². The van der Waals surface area contributed by atoms with E-state index >= 15 is 0 Å². The third-order valence-corrected chi connectivity index (χ3v) is 3.10. The van der Waals surface area contributed by atoms with Gasteiger partial charge in [-0.25, -0.2) is 0 Å². The van der Waals surface area contributed by atoms with E-state index in [1.54, 1.807) is 0 Å². The molecule has 0 heterocycles. The SMILES string of the molecule is C[N+](C)(C)CC[O][Al]([Cl])[O]CCO. The van der Waals surface area contributed by atoms with E-state index < -0.39 is 13.9 Å². The third kappa shape index (κ3) is 10.6. The molecule has 0 rings (SSSR count). The van der Waals surface area contributed by atoms with E-state index in [1.807, 2.05) is 0 Å². The van der Waals surface area contributed by atoms with Crippen molar-refractivity contribution >= 4 is 23.9 Å².